The molecule has 1 heterocycles. The molecule has 0 aromatic heterocycles. The van der Waals surface area contributed by atoms with Crippen LogP contribution in [0.5, 0.6) is 0 Å². The third kappa shape index (κ3) is 3.19. The van der Waals surface area contributed by atoms with E-state index in [-0.39, 0.29) is 5.92 Å². The lowest BCUT2D eigenvalue weighted by atomic mass is 9.89. The van der Waals surface area contributed by atoms with E-state index in [0.29, 0.717) is 6.54 Å². The Morgan fingerprint density at radius 1 is 1.62 bits per heavy atom. The molecule has 1 aliphatic heterocycles. The summed E-state index contributed by atoms with van der Waals surface area (Å²) in [7, 11) is 1.99. The molecule has 3 atom stereocenters. The summed E-state index contributed by atoms with van der Waals surface area (Å²) in [5.74, 6) is 0.00205. The van der Waals surface area contributed by atoms with Crippen molar-refractivity contribution in [2.75, 3.05) is 20.1 Å². The third-order valence-corrected chi connectivity index (χ3v) is 2.96. The molecule has 3 unspecified atom stereocenters. The minimum Gasteiger partial charge on any atom is -0.391 e. The first-order chi connectivity index (χ1) is 6.15. The lowest BCUT2D eigenvalue weighted by molar-refractivity contribution is -0.0162. The van der Waals surface area contributed by atoms with Gasteiger partial charge < -0.3 is 15.1 Å². The van der Waals surface area contributed by atoms with Gasteiger partial charge in [0.2, 0.25) is 0 Å². The molecule has 1 aliphatic rings. The zero-order chi connectivity index (χ0) is 9.84. The molecular formula is C9H16INO2. The molecule has 3 nitrogen and oxygen atoms in total. The van der Waals surface area contributed by atoms with E-state index in [0.717, 1.165) is 13.0 Å². The van der Waals surface area contributed by atoms with E-state index in [1.807, 2.05) is 7.05 Å². The van der Waals surface area contributed by atoms with E-state index in [4.69, 9.17) is 0 Å². The Bertz CT molecular complexity index is 186. The smallest absolute Gasteiger partial charge is 0.0782 e. The zero-order valence-corrected chi connectivity index (χ0v) is 9.89. The number of likely N-dealkylation sites (N-methyl/N-ethyl adjacent to an activating group) is 1. The summed E-state index contributed by atoms with van der Waals surface area (Å²) >= 11 is 2.08. The van der Waals surface area contributed by atoms with E-state index < -0.39 is 12.2 Å². The average Bonchev–Trinajstić information content (AvgIpc) is 2.04. The minimum atomic E-state index is -0.499. The highest BCUT2D eigenvalue weighted by Gasteiger charge is 2.29. The standard InChI is InChI=1S/C9H16INO2/c1-11-5-3-7(9(13)6-11)8(12)2-4-10/h2,4,7-9,12-13H,3,5-6H2,1H3/b4-2+/i1+2. The van der Waals surface area contributed by atoms with Gasteiger partial charge in [-0.3, -0.25) is 0 Å². The van der Waals surface area contributed by atoms with Gasteiger partial charge in [0.1, 0.15) is 0 Å². The van der Waals surface area contributed by atoms with Gasteiger partial charge in [-0.05, 0) is 30.2 Å². The fraction of sp³-hybridized carbons (Fsp3) is 0.778. The number of aliphatic hydroxyl groups excluding tert-OH is 2. The van der Waals surface area contributed by atoms with Crippen molar-refractivity contribution in [1.82, 2.24) is 4.90 Å². The third-order valence-electron chi connectivity index (χ3n) is 2.55. The molecule has 0 aromatic rings. The average molecular weight is 299 g/mol. The van der Waals surface area contributed by atoms with Crippen LogP contribution in [-0.2, 0) is 0 Å². The number of nitrogens with zero attached hydrogens (tertiary/aromatic N) is 1. The van der Waals surface area contributed by atoms with E-state index >= 15 is 0 Å². The minimum absolute atomic E-state index is 0.00205. The highest BCUT2D eigenvalue weighted by molar-refractivity contribution is 14.1. The molecule has 1 fully saturated rings. The van der Waals surface area contributed by atoms with Gasteiger partial charge in [0.25, 0.3) is 0 Å². The fourth-order valence-corrected chi connectivity index (χ4v) is 2.15. The van der Waals surface area contributed by atoms with Crippen molar-refractivity contribution in [3.63, 3.8) is 0 Å². The molecule has 0 radical (unpaired) electrons. The Kier molecular flexibility index (Phi) is 4.64. The number of likely N-dealkylation sites (tertiary alicyclic amines) is 1. The van der Waals surface area contributed by atoms with Gasteiger partial charge in [0.15, 0.2) is 0 Å². The summed E-state index contributed by atoms with van der Waals surface area (Å²) in [5.41, 5.74) is 0. The molecule has 2 N–H and O–H groups in total. The maximum absolute atomic E-state index is 9.70. The van der Waals surface area contributed by atoms with Crippen LogP contribution >= 0.6 is 22.6 Å². The van der Waals surface area contributed by atoms with Gasteiger partial charge in [0, 0.05) is 12.5 Å². The van der Waals surface area contributed by atoms with Crippen LogP contribution in [0.4, 0.5) is 0 Å². The monoisotopic (exact) mass is 299 g/mol. The van der Waals surface area contributed by atoms with Crippen LogP contribution in [0.3, 0.4) is 0 Å². The van der Waals surface area contributed by atoms with Gasteiger partial charge in [-0.25, -0.2) is 0 Å². The van der Waals surface area contributed by atoms with Crippen molar-refractivity contribution in [2.24, 2.45) is 5.92 Å². The van der Waals surface area contributed by atoms with E-state index in [1.54, 1.807) is 10.2 Å². The van der Waals surface area contributed by atoms with Crippen molar-refractivity contribution in [3.8, 4) is 0 Å². The SMILES string of the molecule is [14CH3]N1CCC(C(O)/C=C/I)C(O)C1. The first kappa shape index (κ1) is 11.4. The van der Waals surface area contributed by atoms with Crippen LogP contribution in [0.1, 0.15) is 6.42 Å². The number of β-amino-alcohol motifs (C(OH)–C–C–N with tert-alkyl or cyclic N) is 1. The molecule has 4 heteroatoms. The summed E-state index contributed by atoms with van der Waals surface area (Å²) in [5, 5.41) is 19.4. The maximum Gasteiger partial charge on any atom is 0.0782 e. The number of rotatable bonds is 2. The number of hydrogen-bond acceptors (Lipinski definition) is 3. The van der Waals surface area contributed by atoms with Crippen molar-refractivity contribution in [3.05, 3.63) is 10.2 Å². The van der Waals surface area contributed by atoms with Crippen LogP contribution < -0.4 is 0 Å². The van der Waals surface area contributed by atoms with Gasteiger partial charge in [-0.15, -0.1) is 0 Å². The van der Waals surface area contributed by atoms with E-state index in [1.165, 1.54) is 0 Å². The Morgan fingerprint density at radius 3 is 2.85 bits per heavy atom. The lowest BCUT2D eigenvalue weighted by Gasteiger charge is -2.35. The topological polar surface area (TPSA) is 43.7 Å². The zero-order valence-electron chi connectivity index (χ0n) is 7.73. The number of aliphatic hydroxyl groups is 2. The molecular weight excluding hydrogens is 283 g/mol. The van der Waals surface area contributed by atoms with Crippen molar-refractivity contribution in [1.29, 1.82) is 0 Å². The Balaban J connectivity index is 2.50. The van der Waals surface area contributed by atoms with Crippen LogP contribution in [0.25, 0.3) is 0 Å². The highest BCUT2D eigenvalue weighted by atomic mass is 127. The molecule has 0 bridgehead atoms. The molecule has 0 amide bonds. The van der Waals surface area contributed by atoms with Gasteiger partial charge in [-0.1, -0.05) is 22.6 Å². The predicted octanol–water partition coefficient (Wildman–Crippen LogP) is 0.609. The van der Waals surface area contributed by atoms with Crippen molar-refractivity contribution >= 4 is 22.6 Å². The highest BCUT2D eigenvalue weighted by Crippen LogP contribution is 2.21. The normalized spacial score (nSPS) is 33.8. The molecule has 0 spiro atoms. The van der Waals surface area contributed by atoms with E-state index in [2.05, 4.69) is 27.5 Å². The van der Waals surface area contributed by atoms with E-state index in [9.17, 15) is 10.2 Å². The summed E-state index contributed by atoms with van der Waals surface area (Å²) in [6.07, 6.45) is 1.70. The summed E-state index contributed by atoms with van der Waals surface area (Å²) in [4.78, 5) is 2.08. The first-order valence-corrected chi connectivity index (χ1v) is 5.71. The van der Waals surface area contributed by atoms with Gasteiger partial charge >= 0.3 is 0 Å². The quantitative estimate of drug-likeness (QED) is 0.734. The first-order valence-electron chi connectivity index (χ1n) is 4.46. The maximum atomic E-state index is 9.70. The summed E-state index contributed by atoms with van der Waals surface area (Å²) in [6, 6.07) is 0. The van der Waals surface area contributed by atoms with Crippen LogP contribution in [0, 0.1) is 5.92 Å². The second-order valence-electron chi connectivity index (χ2n) is 3.59. The molecule has 76 valence electrons. The molecule has 1 rings (SSSR count). The lowest BCUT2D eigenvalue weighted by Crippen LogP contribution is -2.45. The largest absolute Gasteiger partial charge is 0.391 e. The predicted molar refractivity (Wildman–Crippen MR) is 60.8 cm³/mol. The summed E-state index contributed by atoms with van der Waals surface area (Å²) in [6.45, 7) is 1.62. The molecule has 0 aliphatic carbocycles. The van der Waals surface area contributed by atoms with Crippen molar-refractivity contribution in [2.45, 2.75) is 18.6 Å². The van der Waals surface area contributed by atoms with Gasteiger partial charge in [0.05, 0.1) is 12.2 Å². The summed E-state index contributed by atoms with van der Waals surface area (Å²) < 4.78 is 1.80. The Hall–Kier alpha value is 0.350. The van der Waals surface area contributed by atoms with Gasteiger partial charge in [-0.2, -0.15) is 0 Å². The van der Waals surface area contributed by atoms with Crippen LogP contribution in [-0.4, -0.2) is 47.5 Å². The molecule has 0 saturated carbocycles. The fourth-order valence-electron chi connectivity index (χ4n) is 1.72. The van der Waals surface area contributed by atoms with Crippen LogP contribution in [0.15, 0.2) is 10.2 Å². The number of piperidine rings is 1. The second kappa shape index (κ2) is 5.29. The molecule has 13 heavy (non-hydrogen) atoms. The molecule has 1 saturated heterocycles. The Labute approximate surface area is 92.6 Å². The number of hydrogen-bond donors (Lipinski definition) is 2. The van der Waals surface area contributed by atoms with Crippen LogP contribution in [0.2, 0.25) is 0 Å². The second-order valence-corrected chi connectivity index (χ2v) is 4.31. The Morgan fingerprint density at radius 2 is 2.31 bits per heavy atom. The molecule has 0 aromatic carbocycles. The number of halogens is 1. The van der Waals surface area contributed by atoms with Crippen molar-refractivity contribution < 1.29 is 10.2 Å².